The van der Waals surface area contributed by atoms with Gasteiger partial charge in [0.05, 0.1) is 19.3 Å². The van der Waals surface area contributed by atoms with Gasteiger partial charge >= 0.3 is 5.97 Å². The molecule has 3 saturated heterocycles. The zero-order chi connectivity index (χ0) is 23.7. The lowest BCUT2D eigenvalue weighted by atomic mass is 9.99. The highest BCUT2D eigenvalue weighted by Crippen LogP contribution is 2.30. The highest BCUT2D eigenvalue weighted by Gasteiger charge is 2.51. The molecule has 0 aliphatic carbocycles. The standard InChI is InChI=1S/C18H30O14/c1-5-13(30-6(2)19)10(23)12(25)18(29-5)32-15-14(8(21)4-27-16(15)26)31-17-11(24)9(22)7(20)3-28-17/h5,7-18,20-26H,3-4H2,1-2H3/t5-,7+,8-,9-,10-,11+,12+,13-,14-,15+,16+,17-,18-/m0/s1. The molecule has 0 saturated carbocycles. The van der Waals surface area contributed by atoms with Gasteiger partial charge in [0.1, 0.15) is 48.8 Å². The molecule has 3 aliphatic rings. The van der Waals surface area contributed by atoms with Crippen molar-refractivity contribution in [3.8, 4) is 0 Å². The molecular weight excluding hydrogens is 440 g/mol. The number of esters is 1. The monoisotopic (exact) mass is 470 g/mol. The van der Waals surface area contributed by atoms with Gasteiger partial charge in [-0.25, -0.2) is 0 Å². The van der Waals surface area contributed by atoms with Crippen LogP contribution in [0, 0.1) is 0 Å². The van der Waals surface area contributed by atoms with Gasteiger partial charge in [-0.15, -0.1) is 0 Å². The van der Waals surface area contributed by atoms with Gasteiger partial charge in [0.25, 0.3) is 0 Å². The molecule has 0 aromatic heterocycles. The molecule has 14 heteroatoms. The van der Waals surface area contributed by atoms with E-state index in [0.29, 0.717) is 0 Å². The molecule has 0 aromatic carbocycles. The SMILES string of the molecule is CC(=O)O[C@@H]1[C@@H](O)[C@@H](O)[C@H](O[C@@H]2[C@@H](O[C@@H]3OC[C@@H](O)[C@H](O)[C@H]3O)[C@@H](O)CO[C@H]2O)O[C@H]1C. The Morgan fingerprint density at radius 1 is 0.750 bits per heavy atom. The Hall–Kier alpha value is -1.01. The second-order valence-electron chi connectivity index (χ2n) is 8.01. The summed E-state index contributed by atoms with van der Waals surface area (Å²) in [6.07, 6.45) is -19.0. The van der Waals surface area contributed by atoms with Crippen molar-refractivity contribution >= 4 is 5.97 Å². The lowest BCUT2D eigenvalue weighted by Gasteiger charge is -2.46. The lowest BCUT2D eigenvalue weighted by molar-refractivity contribution is -0.371. The summed E-state index contributed by atoms with van der Waals surface area (Å²) in [6.45, 7) is 1.86. The minimum atomic E-state index is -1.71. The molecule has 3 rings (SSSR count). The van der Waals surface area contributed by atoms with Crippen LogP contribution in [0.2, 0.25) is 0 Å². The molecule has 0 unspecified atom stereocenters. The van der Waals surface area contributed by atoms with E-state index in [4.69, 9.17) is 28.4 Å². The molecule has 0 amide bonds. The fourth-order valence-electron chi connectivity index (χ4n) is 3.76. The summed E-state index contributed by atoms with van der Waals surface area (Å²) in [5.41, 5.74) is 0. The maximum absolute atomic E-state index is 11.2. The molecule has 0 radical (unpaired) electrons. The van der Waals surface area contributed by atoms with Crippen LogP contribution in [0.1, 0.15) is 13.8 Å². The fourth-order valence-corrected chi connectivity index (χ4v) is 3.76. The van der Waals surface area contributed by atoms with Gasteiger partial charge in [-0.05, 0) is 6.92 Å². The van der Waals surface area contributed by atoms with Gasteiger partial charge < -0.3 is 64.2 Å². The second kappa shape index (κ2) is 10.5. The third kappa shape index (κ3) is 5.38. The first-order valence-corrected chi connectivity index (χ1v) is 10.1. The van der Waals surface area contributed by atoms with Crippen LogP contribution >= 0.6 is 0 Å². The zero-order valence-corrected chi connectivity index (χ0v) is 17.4. The summed E-state index contributed by atoms with van der Waals surface area (Å²) >= 11 is 0. The van der Waals surface area contributed by atoms with E-state index in [1.54, 1.807) is 0 Å². The maximum Gasteiger partial charge on any atom is 0.303 e. The zero-order valence-electron chi connectivity index (χ0n) is 17.4. The summed E-state index contributed by atoms with van der Waals surface area (Å²) in [4.78, 5) is 11.2. The largest absolute Gasteiger partial charge is 0.457 e. The average molecular weight is 470 g/mol. The summed E-state index contributed by atoms with van der Waals surface area (Å²) in [5.74, 6) is -0.692. The number of ether oxygens (including phenoxy) is 6. The van der Waals surface area contributed by atoms with Crippen LogP contribution < -0.4 is 0 Å². The van der Waals surface area contributed by atoms with Gasteiger partial charge in [-0.3, -0.25) is 4.79 Å². The van der Waals surface area contributed by atoms with Crippen LogP contribution in [0.5, 0.6) is 0 Å². The minimum Gasteiger partial charge on any atom is -0.457 e. The Bertz CT molecular complexity index is 635. The molecule has 3 aliphatic heterocycles. The number of carbonyl (C=O) groups is 1. The van der Waals surface area contributed by atoms with Gasteiger partial charge in [0.15, 0.2) is 25.0 Å². The van der Waals surface area contributed by atoms with Crippen LogP contribution in [-0.4, -0.2) is 135 Å². The van der Waals surface area contributed by atoms with Gasteiger partial charge in [0.2, 0.25) is 0 Å². The number of rotatable bonds is 5. The van der Waals surface area contributed by atoms with E-state index < -0.39 is 85.9 Å². The van der Waals surface area contributed by atoms with Crippen molar-refractivity contribution in [1.29, 1.82) is 0 Å². The Morgan fingerprint density at radius 3 is 2.00 bits per heavy atom. The van der Waals surface area contributed by atoms with Crippen LogP contribution in [0.3, 0.4) is 0 Å². The first-order chi connectivity index (χ1) is 15.0. The lowest BCUT2D eigenvalue weighted by Crippen LogP contribution is -2.64. The predicted molar refractivity (Wildman–Crippen MR) is 97.4 cm³/mol. The summed E-state index contributed by atoms with van der Waals surface area (Å²) in [5, 5.41) is 70.8. The minimum absolute atomic E-state index is 0.359. The van der Waals surface area contributed by atoms with E-state index in [1.807, 2.05) is 0 Å². The molecule has 3 fully saturated rings. The smallest absolute Gasteiger partial charge is 0.303 e. The highest BCUT2D eigenvalue weighted by molar-refractivity contribution is 5.66. The van der Waals surface area contributed by atoms with Gasteiger partial charge in [-0.1, -0.05) is 0 Å². The quantitative estimate of drug-likeness (QED) is 0.188. The van der Waals surface area contributed by atoms with Crippen LogP contribution in [0.25, 0.3) is 0 Å². The number of aliphatic hydroxyl groups excluding tert-OH is 7. The molecule has 0 bridgehead atoms. The molecule has 7 N–H and O–H groups in total. The summed E-state index contributed by atoms with van der Waals surface area (Å²) in [7, 11) is 0. The Balaban J connectivity index is 1.72. The molecule has 3 heterocycles. The fraction of sp³-hybridized carbons (Fsp3) is 0.944. The molecule has 0 aromatic rings. The van der Waals surface area contributed by atoms with Gasteiger partial charge in [0, 0.05) is 6.92 Å². The summed E-state index contributed by atoms with van der Waals surface area (Å²) in [6, 6.07) is 0. The molecule has 32 heavy (non-hydrogen) atoms. The van der Waals surface area contributed by atoms with E-state index >= 15 is 0 Å². The van der Waals surface area contributed by atoms with Crippen molar-refractivity contribution in [1.82, 2.24) is 0 Å². The number of aliphatic hydroxyl groups is 7. The Morgan fingerprint density at radius 2 is 1.34 bits per heavy atom. The molecule has 14 nitrogen and oxygen atoms in total. The van der Waals surface area contributed by atoms with Crippen molar-refractivity contribution in [2.45, 2.75) is 93.8 Å². The Labute approximate surface area is 182 Å². The van der Waals surface area contributed by atoms with E-state index in [9.17, 15) is 40.5 Å². The van der Waals surface area contributed by atoms with E-state index in [2.05, 4.69) is 0 Å². The van der Waals surface area contributed by atoms with Crippen molar-refractivity contribution in [3.63, 3.8) is 0 Å². The van der Waals surface area contributed by atoms with Crippen molar-refractivity contribution in [2.75, 3.05) is 13.2 Å². The van der Waals surface area contributed by atoms with E-state index in [0.717, 1.165) is 6.92 Å². The molecule has 186 valence electrons. The number of hydrogen-bond acceptors (Lipinski definition) is 14. The third-order valence-electron chi connectivity index (χ3n) is 5.54. The maximum atomic E-state index is 11.2. The Kier molecular flexibility index (Phi) is 8.40. The number of hydrogen-bond donors (Lipinski definition) is 7. The van der Waals surface area contributed by atoms with Crippen molar-refractivity contribution < 1.29 is 69.0 Å². The first kappa shape index (κ1) is 25.6. The van der Waals surface area contributed by atoms with Crippen LogP contribution in [-0.2, 0) is 33.2 Å². The topological polar surface area (TPSA) is 214 Å². The van der Waals surface area contributed by atoms with Crippen LogP contribution in [0.15, 0.2) is 0 Å². The first-order valence-electron chi connectivity index (χ1n) is 10.1. The van der Waals surface area contributed by atoms with Crippen LogP contribution in [0.4, 0.5) is 0 Å². The highest BCUT2D eigenvalue weighted by atomic mass is 16.8. The van der Waals surface area contributed by atoms with E-state index in [1.165, 1.54) is 6.92 Å². The van der Waals surface area contributed by atoms with Crippen molar-refractivity contribution in [2.24, 2.45) is 0 Å². The van der Waals surface area contributed by atoms with Gasteiger partial charge in [-0.2, -0.15) is 0 Å². The molecule has 13 atom stereocenters. The average Bonchev–Trinajstić information content (AvgIpc) is 2.73. The third-order valence-corrected chi connectivity index (χ3v) is 5.54. The number of carbonyl (C=O) groups excluding carboxylic acids is 1. The predicted octanol–water partition coefficient (Wildman–Crippen LogP) is -4.70. The summed E-state index contributed by atoms with van der Waals surface area (Å²) < 4.78 is 31.8. The molecule has 0 spiro atoms. The molecular formula is C18H30O14. The normalized spacial score (nSPS) is 50.1. The second-order valence-corrected chi connectivity index (χ2v) is 8.01. The van der Waals surface area contributed by atoms with Crippen molar-refractivity contribution in [3.05, 3.63) is 0 Å². The van der Waals surface area contributed by atoms with E-state index in [-0.39, 0.29) is 13.2 Å².